The van der Waals surface area contributed by atoms with Gasteiger partial charge in [0, 0.05) is 19.8 Å². The zero-order chi connectivity index (χ0) is 8.81. The fraction of sp³-hybridized carbons (Fsp3) is 1.00. The van der Waals surface area contributed by atoms with E-state index in [9.17, 15) is 4.39 Å². The third-order valence-corrected chi connectivity index (χ3v) is 2.27. The Kier molecular flexibility index (Phi) is 7.62. The minimum Gasteiger partial charge on any atom is -0.381 e. The molecule has 0 amide bonds. The first-order valence-corrected chi connectivity index (χ1v) is 4.69. The number of nitrogens with one attached hydrogen (secondary N) is 1. The van der Waals surface area contributed by atoms with Crippen molar-refractivity contribution < 1.29 is 9.13 Å². The van der Waals surface area contributed by atoms with Crippen LogP contribution < -0.4 is 5.32 Å². The van der Waals surface area contributed by atoms with E-state index in [0.29, 0.717) is 18.9 Å². The summed E-state index contributed by atoms with van der Waals surface area (Å²) in [6.45, 7) is 2.08. The van der Waals surface area contributed by atoms with Crippen LogP contribution in [0.25, 0.3) is 0 Å². The van der Waals surface area contributed by atoms with Gasteiger partial charge in [0.25, 0.3) is 0 Å². The third-order valence-electron chi connectivity index (χ3n) is 2.27. The monoisotopic (exact) mass is 211 g/mol. The first-order valence-electron chi connectivity index (χ1n) is 4.69. The molecule has 0 radical (unpaired) electrons. The van der Waals surface area contributed by atoms with Crippen molar-refractivity contribution in [1.82, 2.24) is 5.32 Å². The number of hydrogen-bond donors (Lipinski definition) is 1. The Labute approximate surface area is 85.6 Å². The maximum Gasteiger partial charge on any atom is 0.113 e. The summed E-state index contributed by atoms with van der Waals surface area (Å²) in [6.07, 6.45) is 2.17. The highest BCUT2D eigenvalue weighted by atomic mass is 35.5. The van der Waals surface area contributed by atoms with Gasteiger partial charge in [-0.25, -0.2) is 4.39 Å². The molecule has 2 unspecified atom stereocenters. The van der Waals surface area contributed by atoms with E-state index in [1.54, 1.807) is 7.05 Å². The molecule has 1 saturated heterocycles. The SMILES string of the molecule is CNCC(F)CC1CCCOC1.Cl. The first-order chi connectivity index (χ1) is 5.83. The molecule has 1 N–H and O–H groups in total. The number of hydrogen-bond acceptors (Lipinski definition) is 2. The summed E-state index contributed by atoms with van der Waals surface area (Å²) in [5.41, 5.74) is 0. The highest BCUT2D eigenvalue weighted by Crippen LogP contribution is 2.19. The summed E-state index contributed by atoms with van der Waals surface area (Å²) >= 11 is 0. The Morgan fingerprint density at radius 3 is 2.92 bits per heavy atom. The topological polar surface area (TPSA) is 21.3 Å². The highest BCUT2D eigenvalue weighted by molar-refractivity contribution is 5.85. The molecule has 1 aliphatic rings. The molecular formula is C9H19ClFNO. The van der Waals surface area contributed by atoms with E-state index in [2.05, 4.69) is 5.32 Å². The quantitative estimate of drug-likeness (QED) is 0.766. The average molecular weight is 212 g/mol. The fourth-order valence-corrected chi connectivity index (χ4v) is 1.66. The Hall–Kier alpha value is 0.140. The zero-order valence-corrected chi connectivity index (χ0v) is 8.91. The van der Waals surface area contributed by atoms with Crippen LogP contribution in [-0.2, 0) is 4.74 Å². The van der Waals surface area contributed by atoms with E-state index in [1.165, 1.54) is 0 Å². The van der Waals surface area contributed by atoms with Crippen LogP contribution in [0.15, 0.2) is 0 Å². The van der Waals surface area contributed by atoms with Crippen LogP contribution in [0.5, 0.6) is 0 Å². The van der Waals surface area contributed by atoms with Crippen LogP contribution >= 0.6 is 12.4 Å². The van der Waals surface area contributed by atoms with Crippen molar-refractivity contribution in [2.75, 3.05) is 26.8 Å². The highest BCUT2D eigenvalue weighted by Gasteiger charge is 2.18. The van der Waals surface area contributed by atoms with Gasteiger partial charge in [0.15, 0.2) is 0 Å². The summed E-state index contributed by atoms with van der Waals surface area (Å²) in [5.74, 6) is 0.446. The number of rotatable bonds is 4. The maximum absolute atomic E-state index is 13.1. The molecule has 4 heteroatoms. The molecule has 1 aliphatic heterocycles. The van der Waals surface area contributed by atoms with Gasteiger partial charge in [-0.15, -0.1) is 12.4 Å². The number of ether oxygens (including phenoxy) is 1. The summed E-state index contributed by atoms with van der Waals surface area (Å²) in [5, 5.41) is 2.84. The van der Waals surface area contributed by atoms with Crippen molar-refractivity contribution >= 4 is 12.4 Å². The van der Waals surface area contributed by atoms with Crippen molar-refractivity contribution in [1.29, 1.82) is 0 Å². The average Bonchev–Trinajstić information content (AvgIpc) is 2.06. The predicted molar refractivity (Wildman–Crippen MR) is 54.2 cm³/mol. The lowest BCUT2D eigenvalue weighted by molar-refractivity contribution is 0.0418. The van der Waals surface area contributed by atoms with Gasteiger partial charge < -0.3 is 10.1 Å². The lowest BCUT2D eigenvalue weighted by Gasteiger charge is -2.23. The van der Waals surface area contributed by atoms with E-state index in [-0.39, 0.29) is 12.4 Å². The minimum atomic E-state index is -0.707. The van der Waals surface area contributed by atoms with Crippen LogP contribution in [0.4, 0.5) is 4.39 Å². The molecule has 1 fully saturated rings. The zero-order valence-electron chi connectivity index (χ0n) is 8.09. The van der Waals surface area contributed by atoms with Gasteiger partial charge in [-0.3, -0.25) is 0 Å². The first kappa shape index (κ1) is 13.1. The smallest absolute Gasteiger partial charge is 0.113 e. The van der Waals surface area contributed by atoms with Gasteiger partial charge in [0.2, 0.25) is 0 Å². The third kappa shape index (κ3) is 5.45. The lowest BCUT2D eigenvalue weighted by Crippen LogP contribution is -2.26. The molecule has 0 aromatic heterocycles. The maximum atomic E-state index is 13.1. The van der Waals surface area contributed by atoms with Gasteiger partial charge in [-0.1, -0.05) is 0 Å². The molecular weight excluding hydrogens is 193 g/mol. The Morgan fingerprint density at radius 2 is 2.38 bits per heavy atom. The molecule has 2 atom stereocenters. The summed E-state index contributed by atoms with van der Waals surface area (Å²) in [4.78, 5) is 0. The van der Waals surface area contributed by atoms with Crippen LogP contribution in [0.1, 0.15) is 19.3 Å². The second-order valence-electron chi connectivity index (χ2n) is 3.47. The van der Waals surface area contributed by atoms with E-state index >= 15 is 0 Å². The molecule has 0 bridgehead atoms. The van der Waals surface area contributed by atoms with Gasteiger partial charge >= 0.3 is 0 Å². The van der Waals surface area contributed by atoms with Crippen LogP contribution in [0.2, 0.25) is 0 Å². The molecule has 0 aromatic rings. The van der Waals surface area contributed by atoms with Crippen molar-refractivity contribution in [3.05, 3.63) is 0 Å². The molecule has 13 heavy (non-hydrogen) atoms. The van der Waals surface area contributed by atoms with E-state index in [1.807, 2.05) is 0 Å². The van der Waals surface area contributed by atoms with E-state index < -0.39 is 6.17 Å². The van der Waals surface area contributed by atoms with Gasteiger partial charge in [0.05, 0.1) is 0 Å². The van der Waals surface area contributed by atoms with Crippen molar-refractivity contribution in [3.8, 4) is 0 Å². The van der Waals surface area contributed by atoms with Crippen LogP contribution in [0, 0.1) is 5.92 Å². The molecule has 1 heterocycles. The Balaban J connectivity index is 0.00000144. The largest absolute Gasteiger partial charge is 0.381 e. The van der Waals surface area contributed by atoms with Crippen molar-refractivity contribution in [2.45, 2.75) is 25.4 Å². The Morgan fingerprint density at radius 1 is 1.62 bits per heavy atom. The summed E-state index contributed by atoms with van der Waals surface area (Å²) in [7, 11) is 1.78. The minimum absolute atomic E-state index is 0. The Bertz CT molecular complexity index is 120. The molecule has 0 saturated carbocycles. The van der Waals surface area contributed by atoms with Gasteiger partial charge in [-0.05, 0) is 32.2 Å². The van der Waals surface area contributed by atoms with Gasteiger partial charge in [0.1, 0.15) is 6.17 Å². The second-order valence-corrected chi connectivity index (χ2v) is 3.47. The van der Waals surface area contributed by atoms with Crippen LogP contribution in [0.3, 0.4) is 0 Å². The molecule has 0 aliphatic carbocycles. The van der Waals surface area contributed by atoms with E-state index in [0.717, 1.165) is 26.1 Å². The molecule has 0 spiro atoms. The normalized spacial score (nSPS) is 24.9. The molecule has 80 valence electrons. The lowest BCUT2D eigenvalue weighted by atomic mass is 9.96. The second kappa shape index (κ2) is 7.54. The van der Waals surface area contributed by atoms with Crippen molar-refractivity contribution in [2.24, 2.45) is 5.92 Å². The molecule has 1 rings (SSSR count). The fourth-order valence-electron chi connectivity index (χ4n) is 1.66. The van der Waals surface area contributed by atoms with Crippen molar-refractivity contribution in [3.63, 3.8) is 0 Å². The van der Waals surface area contributed by atoms with E-state index in [4.69, 9.17) is 4.74 Å². The predicted octanol–water partition coefficient (Wildman–Crippen LogP) is 1.78. The standard InChI is InChI=1S/C9H18FNO.ClH/c1-11-6-9(10)5-8-3-2-4-12-7-8;/h8-9,11H,2-7H2,1H3;1H. The number of alkyl halides is 1. The summed E-state index contributed by atoms with van der Waals surface area (Å²) in [6, 6.07) is 0. The molecule has 0 aromatic carbocycles. The molecule has 2 nitrogen and oxygen atoms in total. The number of halogens is 2. The van der Waals surface area contributed by atoms with Crippen LogP contribution in [-0.4, -0.2) is 33.0 Å². The summed E-state index contributed by atoms with van der Waals surface area (Å²) < 4.78 is 18.3. The van der Waals surface area contributed by atoms with Gasteiger partial charge in [-0.2, -0.15) is 0 Å².